The molecule has 7 heteroatoms. The third kappa shape index (κ3) is 5.28. The van der Waals surface area contributed by atoms with Crippen LogP contribution in [0.4, 0.5) is 5.69 Å². The highest BCUT2D eigenvalue weighted by Crippen LogP contribution is 2.10. The quantitative estimate of drug-likeness (QED) is 0.496. The minimum Gasteiger partial charge on any atom is -0.465 e. The standard InChI is InChI=1S/C18H17N3O4/c1-12(22)20-16-5-3-4-15(10-16)17(23)21-19-11-13-6-8-14(9-7-13)18(24)25-2/h3-11H,1-2H3,(H,20,22)(H,21,23). The second-order valence-corrected chi connectivity index (χ2v) is 5.07. The molecule has 0 spiro atoms. The summed E-state index contributed by atoms with van der Waals surface area (Å²) in [6.45, 7) is 1.39. The van der Waals surface area contributed by atoms with Gasteiger partial charge in [-0.25, -0.2) is 10.2 Å². The van der Waals surface area contributed by atoms with E-state index in [2.05, 4.69) is 20.6 Å². The number of hydrogen-bond acceptors (Lipinski definition) is 5. The van der Waals surface area contributed by atoms with Gasteiger partial charge in [0.25, 0.3) is 5.91 Å². The van der Waals surface area contributed by atoms with E-state index in [4.69, 9.17) is 0 Å². The highest BCUT2D eigenvalue weighted by Gasteiger charge is 2.06. The van der Waals surface area contributed by atoms with Gasteiger partial charge in [0.2, 0.25) is 5.91 Å². The normalized spacial score (nSPS) is 10.3. The summed E-state index contributed by atoms with van der Waals surface area (Å²) < 4.78 is 4.62. The van der Waals surface area contributed by atoms with Crippen LogP contribution in [0.5, 0.6) is 0 Å². The summed E-state index contributed by atoms with van der Waals surface area (Å²) in [6, 6.07) is 13.1. The smallest absolute Gasteiger partial charge is 0.337 e. The molecule has 0 fully saturated rings. The van der Waals surface area contributed by atoms with Crippen molar-refractivity contribution in [2.24, 2.45) is 5.10 Å². The molecule has 0 atom stereocenters. The highest BCUT2D eigenvalue weighted by molar-refractivity contribution is 5.97. The number of methoxy groups -OCH3 is 1. The van der Waals surface area contributed by atoms with E-state index in [1.54, 1.807) is 48.5 Å². The van der Waals surface area contributed by atoms with E-state index in [0.717, 1.165) is 0 Å². The van der Waals surface area contributed by atoms with Gasteiger partial charge in [-0.3, -0.25) is 9.59 Å². The van der Waals surface area contributed by atoms with Gasteiger partial charge in [-0.05, 0) is 35.9 Å². The number of carbonyl (C=O) groups is 3. The van der Waals surface area contributed by atoms with Gasteiger partial charge >= 0.3 is 5.97 Å². The number of carbonyl (C=O) groups excluding carboxylic acids is 3. The first-order chi connectivity index (χ1) is 12.0. The summed E-state index contributed by atoms with van der Waals surface area (Å²) in [6.07, 6.45) is 1.45. The van der Waals surface area contributed by atoms with E-state index in [1.807, 2.05) is 0 Å². The predicted molar refractivity (Wildman–Crippen MR) is 93.6 cm³/mol. The SMILES string of the molecule is COC(=O)c1ccc(C=NNC(=O)c2cccc(NC(C)=O)c2)cc1. The average Bonchev–Trinajstić information content (AvgIpc) is 2.61. The molecule has 0 aliphatic heterocycles. The molecule has 2 amide bonds. The molecule has 0 saturated carbocycles. The number of rotatable bonds is 5. The third-order valence-electron chi connectivity index (χ3n) is 3.16. The van der Waals surface area contributed by atoms with Crippen molar-refractivity contribution in [1.29, 1.82) is 0 Å². The Morgan fingerprint density at radius 1 is 1.04 bits per heavy atom. The topological polar surface area (TPSA) is 96.9 Å². The molecule has 0 bridgehead atoms. The molecular weight excluding hydrogens is 322 g/mol. The Kier molecular flexibility index (Phi) is 6.00. The first-order valence-electron chi connectivity index (χ1n) is 7.39. The van der Waals surface area contributed by atoms with Crippen molar-refractivity contribution in [3.63, 3.8) is 0 Å². The lowest BCUT2D eigenvalue weighted by Crippen LogP contribution is -2.18. The lowest BCUT2D eigenvalue weighted by Gasteiger charge is -2.04. The van der Waals surface area contributed by atoms with Crippen LogP contribution in [-0.4, -0.2) is 31.1 Å². The van der Waals surface area contributed by atoms with Crippen molar-refractivity contribution < 1.29 is 19.1 Å². The lowest BCUT2D eigenvalue weighted by atomic mass is 10.1. The van der Waals surface area contributed by atoms with Crippen molar-refractivity contribution >= 4 is 29.7 Å². The number of esters is 1. The van der Waals surface area contributed by atoms with Gasteiger partial charge in [-0.2, -0.15) is 5.10 Å². The minimum absolute atomic E-state index is 0.217. The Morgan fingerprint density at radius 2 is 1.76 bits per heavy atom. The number of ether oxygens (including phenoxy) is 1. The van der Waals surface area contributed by atoms with E-state index < -0.39 is 11.9 Å². The van der Waals surface area contributed by atoms with Crippen LogP contribution >= 0.6 is 0 Å². The molecule has 0 saturated heterocycles. The Bertz CT molecular complexity index is 813. The zero-order valence-corrected chi connectivity index (χ0v) is 13.8. The molecule has 0 radical (unpaired) electrons. The van der Waals surface area contributed by atoms with Gasteiger partial charge in [0, 0.05) is 18.2 Å². The van der Waals surface area contributed by atoms with Crippen LogP contribution in [0.2, 0.25) is 0 Å². The van der Waals surface area contributed by atoms with Crippen LogP contribution in [0.25, 0.3) is 0 Å². The number of hydrazone groups is 1. The van der Waals surface area contributed by atoms with Crippen LogP contribution in [0.15, 0.2) is 53.6 Å². The van der Waals surface area contributed by atoms with Gasteiger partial charge in [0.1, 0.15) is 0 Å². The van der Waals surface area contributed by atoms with Gasteiger partial charge < -0.3 is 10.1 Å². The summed E-state index contributed by atoms with van der Waals surface area (Å²) in [5.41, 5.74) is 4.44. The Balaban J connectivity index is 1.98. The molecule has 7 nitrogen and oxygen atoms in total. The first kappa shape index (κ1) is 17.9. The fourth-order valence-electron chi connectivity index (χ4n) is 1.99. The molecule has 0 heterocycles. The van der Waals surface area contributed by atoms with Crippen LogP contribution in [0.3, 0.4) is 0 Å². The van der Waals surface area contributed by atoms with E-state index in [0.29, 0.717) is 22.4 Å². The van der Waals surface area contributed by atoms with E-state index in [-0.39, 0.29) is 5.91 Å². The van der Waals surface area contributed by atoms with Crippen LogP contribution in [0, 0.1) is 0 Å². The average molecular weight is 339 g/mol. The summed E-state index contributed by atoms with van der Waals surface area (Å²) in [7, 11) is 1.31. The molecular formula is C18H17N3O4. The zero-order chi connectivity index (χ0) is 18.2. The fourth-order valence-corrected chi connectivity index (χ4v) is 1.99. The second kappa shape index (κ2) is 8.39. The van der Waals surface area contributed by atoms with Crippen LogP contribution in [-0.2, 0) is 9.53 Å². The van der Waals surface area contributed by atoms with Gasteiger partial charge in [0.05, 0.1) is 18.9 Å². The number of anilines is 1. The second-order valence-electron chi connectivity index (χ2n) is 5.07. The molecule has 0 aromatic heterocycles. The Morgan fingerprint density at radius 3 is 2.40 bits per heavy atom. The third-order valence-corrected chi connectivity index (χ3v) is 3.16. The fraction of sp³-hybridized carbons (Fsp3) is 0.111. The van der Waals surface area contributed by atoms with E-state index in [1.165, 1.54) is 20.2 Å². The maximum absolute atomic E-state index is 12.1. The summed E-state index contributed by atoms with van der Waals surface area (Å²) >= 11 is 0. The van der Waals surface area contributed by atoms with Crippen molar-refractivity contribution in [1.82, 2.24) is 5.43 Å². The van der Waals surface area contributed by atoms with Gasteiger partial charge in [0.15, 0.2) is 0 Å². The molecule has 0 aliphatic carbocycles. The monoisotopic (exact) mass is 339 g/mol. The minimum atomic E-state index is -0.421. The molecule has 2 rings (SSSR count). The number of benzene rings is 2. The van der Waals surface area contributed by atoms with Crippen molar-refractivity contribution in [3.05, 3.63) is 65.2 Å². The number of nitrogens with one attached hydrogen (secondary N) is 2. The van der Waals surface area contributed by atoms with Crippen molar-refractivity contribution in [2.45, 2.75) is 6.92 Å². The van der Waals surface area contributed by atoms with Crippen molar-refractivity contribution in [3.8, 4) is 0 Å². The molecule has 25 heavy (non-hydrogen) atoms. The van der Waals surface area contributed by atoms with Gasteiger partial charge in [-0.15, -0.1) is 0 Å². The predicted octanol–water partition coefficient (Wildman–Crippen LogP) is 2.20. The molecule has 2 aromatic carbocycles. The molecule has 0 aliphatic rings. The molecule has 2 aromatic rings. The van der Waals surface area contributed by atoms with E-state index >= 15 is 0 Å². The Labute approximate surface area is 144 Å². The van der Waals surface area contributed by atoms with E-state index in [9.17, 15) is 14.4 Å². The number of amides is 2. The molecule has 0 unspecified atom stereocenters. The maximum atomic E-state index is 12.1. The number of hydrogen-bond donors (Lipinski definition) is 2. The largest absolute Gasteiger partial charge is 0.465 e. The summed E-state index contributed by atoms with van der Waals surface area (Å²) in [4.78, 5) is 34.4. The van der Waals surface area contributed by atoms with Gasteiger partial charge in [-0.1, -0.05) is 18.2 Å². The van der Waals surface area contributed by atoms with Crippen LogP contribution in [0.1, 0.15) is 33.2 Å². The Hall–Kier alpha value is -3.48. The molecule has 2 N–H and O–H groups in total. The van der Waals surface area contributed by atoms with Crippen LogP contribution < -0.4 is 10.7 Å². The summed E-state index contributed by atoms with van der Waals surface area (Å²) in [5, 5.41) is 6.48. The maximum Gasteiger partial charge on any atom is 0.337 e. The summed E-state index contributed by atoms with van der Waals surface area (Å²) in [5.74, 6) is -1.04. The zero-order valence-electron chi connectivity index (χ0n) is 13.8. The lowest BCUT2D eigenvalue weighted by molar-refractivity contribution is -0.114. The van der Waals surface area contributed by atoms with Crippen molar-refractivity contribution in [2.75, 3.05) is 12.4 Å². The highest BCUT2D eigenvalue weighted by atomic mass is 16.5. The molecule has 128 valence electrons. The first-order valence-corrected chi connectivity index (χ1v) is 7.39. The number of nitrogens with zero attached hydrogens (tertiary/aromatic N) is 1.